The molecule has 0 radical (unpaired) electrons. The van der Waals surface area contributed by atoms with Crippen molar-refractivity contribution >= 4 is 22.6 Å². The molecule has 6 heteroatoms. The number of halogens is 1. The predicted octanol–water partition coefficient (Wildman–Crippen LogP) is 7.21. The van der Waals surface area contributed by atoms with Gasteiger partial charge in [-0.1, -0.05) is 49.6 Å². The molecule has 2 aliphatic rings. The van der Waals surface area contributed by atoms with Gasteiger partial charge in [-0.25, -0.2) is 4.39 Å². The number of ketones is 1. The Labute approximate surface area is 234 Å². The van der Waals surface area contributed by atoms with Crippen LogP contribution < -0.4 is 10.1 Å². The maximum Gasteiger partial charge on any atom is 0.252 e. The Bertz CT molecular complexity index is 1580. The number of hydrogen-bond acceptors (Lipinski definition) is 3. The van der Waals surface area contributed by atoms with Crippen molar-refractivity contribution in [1.82, 2.24) is 9.88 Å². The number of amides is 1. The van der Waals surface area contributed by atoms with Crippen molar-refractivity contribution in [3.05, 3.63) is 89.2 Å². The number of nitrogens with one attached hydrogen (secondary N) is 1. The number of hydrogen-bond donors (Lipinski definition) is 1. The topological polar surface area (TPSA) is 60.3 Å². The van der Waals surface area contributed by atoms with Crippen LogP contribution in [0.1, 0.15) is 73.4 Å². The van der Waals surface area contributed by atoms with Gasteiger partial charge >= 0.3 is 0 Å². The molecule has 0 spiro atoms. The third kappa shape index (κ3) is 4.91. The molecule has 4 aromatic rings. The van der Waals surface area contributed by atoms with Gasteiger partial charge in [0, 0.05) is 28.5 Å². The predicted molar refractivity (Wildman–Crippen MR) is 155 cm³/mol. The number of fused-ring (bicyclic) bond motifs is 5. The molecule has 40 heavy (non-hydrogen) atoms. The zero-order valence-corrected chi connectivity index (χ0v) is 23.1. The molecular weight excluding hydrogens is 503 g/mol. The highest BCUT2D eigenvalue weighted by Crippen LogP contribution is 2.47. The van der Waals surface area contributed by atoms with Gasteiger partial charge in [0.15, 0.2) is 5.78 Å². The van der Waals surface area contributed by atoms with E-state index in [9.17, 15) is 14.0 Å². The Morgan fingerprint density at radius 2 is 1.75 bits per heavy atom. The van der Waals surface area contributed by atoms with Crippen LogP contribution in [0.15, 0.2) is 66.7 Å². The molecule has 1 aliphatic heterocycles. The summed E-state index contributed by atoms with van der Waals surface area (Å²) in [5, 5.41) is 4.15. The number of ether oxygens (including phenoxy) is 1. The zero-order chi connectivity index (χ0) is 27.9. The average Bonchev–Trinajstić information content (AvgIpc) is 3.15. The Morgan fingerprint density at radius 1 is 1.00 bits per heavy atom. The highest BCUT2D eigenvalue weighted by atomic mass is 19.1. The van der Waals surface area contributed by atoms with E-state index in [0.29, 0.717) is 30.2 Å². The molecule has 1 N–H and O–H groups in total. The van der Waals surface area contributed by atoms with Crippen molar-refractivity contribution in [2.75, 3.05) is 6.61 Å². The fourth-order valence-electron chi connectivity index (χ4n) is 6.31. The van der Waals surface area contributed by atoms with Gasteiger partial charge in [0.2, 0.25) is 0 Å². The minimum atomic E-state index is -1.09. The molecule has 1 aromatic heterocycles. The van der Waals surface area contributed by atoms with Crippen molar-refractivity contribution in [3.8, 4) is 17.0 Å². The maximum atomic E-state index is 13.5. The van der Waals surface area contributed by atoms with Crippen molar-refractivity contribution in [2.45, 2.75) is 70.4 Å². The Kier molecular flexibility index (Phi) is 6.95. The van der Waals surface area contributed by atoms with Crippen LogP contribution in [0.3, 0.4) is 0 Å². The van der Waals surface area contributed by atoms with Crippen LogP contribution in [0.2, 0.25) is 0 Å². The largest absolute Gasteiger partial charge is 0.491 e. The molecule has 6 rings (SSSR count). The van der Waals surface area contributed by atoms with Crippen LogP contribution in [0.25, 0.3) is 22.2 Å². The van der Waals surface area contributed by atoms with Gasteiger partial charge in [-0.05, 0) is 80.1 Å². The summed E-state index contributed by atoms with van der Waals surface area (Å²) in [6, 6.07) is 20.1. The monoisotopic (exact) mass is 538 g/mol. The summed E-state index contributed by atoms with van der Waals surface area (Å²) in [7, 11) is 0. The number of benzene rings is 3. The Hall–Kier alpha value is -3.93. The van der Waals surface area contributed by atoms with Gasteiger partial charge in [-0.3, -0.25) is 9.59 Å². The van der Waals surface area contributed by atoms with E-state index in [1.807, 2.05) is 24.3 Å². The third-order valence-electron chi connectivity index (χ3n) is 8.50. The van der Waals surface area contributed by atoms with Crippen LogP contribution >= 0.6 is 0 Å². The summed E-state index contributed by atoms with van der Waals surface area (Å²) in [6.07, 6.45) is 6.20. The van der Waals surface area contributed by atoms with Crippen LogP contribution in [-0.2, 0) is 17.8 Å². The highest BCUT2D eigenvalue weighted by Gasteiger charge is 2.32. The molecule has 1 aliphatic carbocycles. The summed E-state index contributed by atoms with van der Waals surface area (Å²) in [6.45, 7) is 4.68. The minimum absolute atomic E-state index is 0.114. The average molecular weight is 539 g/mol. The standard InChI is InChI=1S/C34H35FN2O3/c1-34(2,30(38)20-22-12-15-25(35)16-13-22)36-33(39)24-14-17-26-28(21-24)37-18-19-40-29-11-7-6-10-27(29)32(37)31(26)23-8-4-3-5-9-23/h6-7,10-17,21,23H,3-5,8-9,18-20H2,1-2H3,(H,36,39). The lowest BCUT2D eigenvalue weighted by Gasteiger charge is -2.25. The van der Waals surface area contributed by atoms with Crippen molar-refractivity contribution in [3.63, 3.8) is 0 Å². The highest BCUT2D eigenvalue weighted by molar-refractivity contribution is 6.03. The zero-order valence-electron chi connectivity index (χ0n) is 23.1. The summed E-state index contributed by atoms with van der Waals surface area (Å²) in [5.74, 6) is 0.601. The molecule has 3 aromatic carbocycles. The second kappa shape index (κ2) is 10.6. The second-order valence-corrected chi connectivity index (χ2v) is 11.6. The number of para-hydroxylation sites is 1. The van der Waals surface area contributed by atoms with E-state index in [4.69, 9.17) is 4.74 Å². The fraction of sp³-hybridized carbons (Fsp3) is 0.353. The lowest BCUT2D eigenvalue weighted by atomic mass is 9.81. The van der Waals surface area contributed by atoms with Crippen LogP contribution in [0, 0.1) is 5.82 Å². The summed E-state index contributed by atoms with van der Waals surface area (Å²) in [4.78, 5) is 26.6. The summed E-state index contributed by atoms with van der Waals surface area (Å²) < 4.78 is 21.8. The number of carbonyl (C=O) groups excluding carboxylic acids is 2. The third-order valence-corrected chi connectivity index (χ3v) is 8.50. The Morgan fingerprint density at radius 3 is 2.52 bits per heavy atom. The molecule has 0 bridgehead atoms. The van der Waals surface area contributed by atoms with E-state index in [0.717, 1.165) is 16.8 Å². The quantitative estimate of drug-likeness (QED) is 0.282. The van der Waals surface area contributed by atoms with Crippen molar-refractivity contribution in [2.24, 2.45) is 0 Å². The van der Waals surface area contributed by atoms with Gasteiger partial charge in [-0.15, -0.1) is 0 Å². The molecule has 1 amide bonds. The van der Waals surface area contributed by atoms with E-state index < -0.39 is 5.54 Å². The fourth-order valence-corrected chi connectivity index (χ4v) is 6.31. The molecular formula is C34H35FN2O3. The number of carbonyl (C=O) groups is 2. The first-order valence-corrected chi connectivity index (χ1v) is 14.3. The number of nitrogens with zero attached hydrogens (tertiary/aromatic N) is 1. The molecule has 5 nitrogen and oxygen atoms in total. The smallest absolute Gasteiger partial charge is 0.252 e. The van der Waals surface area contributed by atoms with Gasteiger partial charge in [0.05, 0.1) is 17.8 Å². The van der Waals surface area contributed by atoms with Crippen LogP contribution in [-0.4, -0.2) is 28.4 Å². The van der Waals surface area contributed by atoms with Crippen molar-refractivity contribution in [1.29, 1.82) is 0 Å². The SMILES string of the molecule is CC(C)(NC(=O)c1ccc2c(C3CCCCC3)c3n(c2c1)CCOc1ccccc1-3)C(=O)Cc1ccc(F)cc1. The van der Waals surface area contributed by atoms with E-state index >= 15 is 0 Å². The number of rotatable bonds is 6. The van der Waals surface area contributed by atoms with Gasteiger partial charge < -0.3 is 14.6 Å². The molecule has 1 saturated carbocycles. The second-order valence-electron chi connectivity index (χ2n) is 11.6. The first-order valence-electron chi connectivity index (χ1n) is 14.3. The molecule has 206 valence electrons. The van der Waals surface area contributed by atoms with Gasteiger partial charge in [0.1, 0.15) is 18.2 Å². The number of aromatic nitrogens is 1. The first-order chi connectivity index (χ1) is 19.3. The van der Waals surface area contributed by atoms with Crippen LogP contribution in [0.4, 0.5) is 4.39 Å². The lowest BCUT2D eigenvalue weighted by Crippen LogP contribution is -2.50. The van der Waals surface area contributed by atoms with Crippen molar-refractivity contribution < 1.29 is 18.7 Å². The molecule has 0 saturated heterocycles. The van der Waals surface area contributed by atoms with E-state index in [1.54, 1.807) is 26.0 Å². The molecule has 2 heterocycles. The molecule has 1 fully saturated rings. The van der Waals surface area contributed by atoms with E-state index in [-0.39, 0.29) is 23.9 Å². The van der Waals surface area contributed by atoms with E-state index in [2.05, 4.69) is 28.1 Å². The Balaban J connectivity index is 1.35. The summed E-state index contributed by atoms with van der Waals surface area (Å²) >= 11 is 0. The maximum absolute atomic E-state index is 13.5. The van der Waals surface area contributed by atoms with E-state index in [1.165, 1.54) is 60.9 Å². The lowest BCUT2D eigenvalue weighted by molar-refractivity contribution is -0.123. The molecule has 0 unspecified atom stereocenters. The number of Topliss-reactive ketones (excluding diaryl/α,β-unsaturated/α-hetero) is 1. The minimum Gasteiger partial charge on any atom is -0.491 e. The van der Waals surface area contributed by atoms with Gasteiger partial charge in [-0.2, -0.15) is 0 Å². The molecule has 0 atom stereocenters. The summed E-state index contributed by atoms with van der Waals surface area (Å²) in [5.41, 5.74) is 4.86. The first kappa shape index (κ1) is 26.3. The van der Waals surface area contributed by atoms with Gasteiger partial charge in [0.25, 0.3) is 5.91 Å². The van der Waals surface area contributed by atoms with Crippen LogP contribution in [0.5, 0.6) is 5.75 Å². The normalized spacial score (nSPS) is 15.6.